The molecule has 0 spiro atoms. The first-order valence-corrected chi connectivity index (χ1v) is 5.50. The molecule has 0 radical (unpaired) electrons. The van der Waals surface area contributed by atoms with Crippen LogP contribution in [0.1, 0.15) is 11.3 Å². The Morgan fingerprint density at radius 3 is 2.73 bits per heavy atom. The summed E-state index contributed by atoms with van der Waals surface area (Å²) in [6.07, 6.45) is 0. The quantitative estimate of drug-likeness (QED) is 0.829. The zero-order valence-electron chi connectivity index (χ0n) is 8.62. The van der Waals surface area contributed by atoms with Gasteiger partial charge in [0.1, 0.15) is 0 Å². The predicted octanol–water partition coefficient (Wildman–Crippen LogP) is 3.50. The SMILES string of the molecule is CNCc1[nH]c2c(Cl)c(Cl)ccc2c1C. The van der Waals surface area contributed by atoms with E-state index in [0.717, 1.165) is 23.1 Å². The molecule has 2 aromatic rings. The number of benzene rings is 1. The van der Waals surface area contributed by atoms with Crippen LogP contribution in [0.25, 0.3) is 10.9 Å². The minimum Gasteiger partial charge on any atom is -0.356 e. The summed E-state index contributed by atoms with van der Waals surface area (Å²) in [6.45, 7) is 2.88. The summed E-state index contributed by atoms with van der Waals surface area (Å²) in [5.74, 6) is 0. The molecule has 0 saturated heterocycles. The van der Waals surface area contributed by atoms with E-state index in [4.69, 9.17) is 23.2 Å². The first-order valence-electron chi connectivity index (χ1n) is 4.75. The van der Waals surface area contributed by atoms with Gasteiger partial charge in [0.05, 0.1) is 15.6 Å². The monoisotopic (exact) mass is 242 g/mol. The van der Waals surface area contributed by atoms with Crippen LogP contribution >= 0.6 is 23.2 Å². The van der Waals surface area contributed by atoms with Crippen molar-refractivity contribution in [2.75, 3.05) is 7.05 Å². The molecule has 2 nitrogen and oxygen atoms in total. The van der Waals surface area contributed by atoms with Gasteiger partial charge >= 0.3 is 0 Å². The minimum atomic E-state index is 0.585. The van der Waals surface area contributed by atoms with Crippen molar-refractivity contribution >= 4 is 34.1 Å². The molecule has 1 aromatic carbocycles. The van der Waals surface area contributed by atoms with E-state index in [2.05, 4.69) is 17.2 Å². The Balaban J connectivity index is 2.70. The van der Waals surface area contributed by atoms with Gasteiger partial charge in [-0.1, -0.05) is 29.3 Å². The molecule has 0 bridgehead atoms. The summed E-state index contributed by atoms with van der Waals surface area (Å²) in [7, 11) is 1.92. The number of aromatic nitrogens is 1. The van der Waals surface area contributed by atoms with Gasteiger partial charge in [-0.2, -0.15) is 0 Å². The maximum absolute atomic E-state index is 6.13. The predicted molar refractivity (Wildman–Crippen MR) is 65.8 cm³/mol. The van der Waals surface area contributed by atoms with Crippen molar-refractivity contribution in [3.8, 4) is 0 Å². The van der Waals surface area contributed by atoms with Crippen LogP contribution in [0.4, 0.5) is 0 Å². The third kappa shape index (κ3) is 1.73. The second-order valence-corrected chi connectivity index (χ2v) is 4.33. The minimum absolute atomic E-state index is 0.585. The lowest BCUT2D eigenvalue weighted by Gasteiger charge is -1.96. The van der Waals surface area contributed by atoms with Crippen molar-refractivity contribution < 1.29 is 0 Å². The van der Waals surface area contributed by atoms with E-state index in [1.807, 2.05) is 19.2 Å². The Kier molecular flexibility index (Phi) is 2.91. The number of aryl methyl sites for hydroxylation is 1. The van der Waals surface area contributed by atoms with Crippen molar-refractivity contribution in [3.05, 3.63) is 33.4 Å². The summed E-state index contributed by atoms with van der Waals surface area (Å²) < 4.78 is 0. The molecule has 15 heavy (non-hydrogen) atoms. The lowest BCUT2D eigenvalue weighted by atomic mass is 10.1. The van der Waals surface area contributed by atoms with Gasteiger partial charge in [-0.3, -0.25) is 0 Å². The molecule has 0 atom stereocenters. The number of H-pyrrole nitrogens is 1. The number of nitrogens with one attached hydrogen (secondary N) is 2. The van der Waals surface area contributed by atoms with Crippen LogP contribution in [-0.2, 0) is 6.54 Å². The summed E-state index contributed by atoms with van der Waals surface area (Å²) in [5.41, 5.74) is 3.29. The highest BCUT2D eigenvalue weighted by molar-refractivity contribution is 6.45. The Hall–Kier alpha value is -0.700. The Labute approximate surface area is 98.6 Å². The van der Waals surface area contributed by atoms with E-state index in [9.17, 15) is 0 Å². The van der Waals surface area contributed by atoms with Crippen molar-refractivity contribution in [1.82, 2.24) is 10.3 Å². The molecule has 1 heterocycles. The van der Waals surface area contributed by atoms with Gasteiger partial charge in [0.2, 0.25) is 0 Å². The van der Waals surface area contributed by atoms with Crippen molar-refractivity contribution in [2.24, 2.45) is 0 Å². The highest BCUT2D eigenvalue weighted by Gasteiger charge is 2.11. The summed E-state index contributed by atoms with van der Waals surface area (Å²) in [5, 5.41) is 5.43. The Morgan fingerprint density at radius 1 is 1.33 bits per heavy atom. The van der Waals surface area contributed by atoms with Crippen LogP contribution in [-0.4, -0.2) is 12.0 Å². The second-order valence-electron chi connectivity index (χ2n) is 3.54. The molecule has 4 heteroatoms. The van der Waals surface area contributed by atoms with Gasteiger partial charge in [0.25, 0.3) is 0 Å². The number of aromatic amines is 1. The molecule has 1 aromatic heterocycles. The first-order chi connectivity index (χ1) is 7.15. The molecule has 80 valence electrons. The van der Waals surface area contributed by atoms with Crippen molar-refractivity contribution in [1.29, 1.82) is 0 Å². The van der Waals surface area contributed by atoms with E-state index < -0.39 is 0 Å². The van der Waals surface area contributed by atoms with Gasteiger partial charge in [0.15, 0.2) is 0 Å². The third-order valence-electron chi connectivity index (χ3n) is 2.58. The fourth-order valence-corrected chi connectivity index (χ4v) is 2.12. The molecular formula is C11H12Cl2N2. The van der Waals surface area contributed by atoms with Crippen LogP contribution in [0.3, 0.4) is 0 Å². The lowest BCUT2D eigenvalue weighted by molar-refractivity contribution is 0.794. The van der Waals surface area contributed by atoms with E-state index in [0.29, 0.717) is 10.0 Å². The lowest BCUT2D eigenvalue weighted by Crippen LogP contribution is -2.06. The van der Waals surface area contributed by atoms with Gasteiger partial charge in [-0.15, -0.1) is 0 Å². The second kappa shape index (κ2) is 4.05. The van der Waals surface area contributed by atoms with E-state index in [-0.39, 0.29) is 0 Å². The zero-order valence-corrected chi connectivity index (χ0v) is 10.1. The summed E-state index contributed by atoms with van der Waals surface area (Å²) in [4.78, 5) is 3.30. The number of hydrogen-bond acceptors (Lipinski definition) is 1. The first kappa shape index (κ1) is 10.8. The molecule has 0 saturated carbocycles. The average Bonchev–Trinajstić information content (AvgIpc) is 2.52. The Bertz CT molecular complexity index is 503. The standard InChI is InChI=1S/C11H12Cl2N2/c1-6-7-3-4-8(12)10(13)11(7)15-9(6)5-14-2/h3-4,14-15H,5H2,1-2H3. The van der Waals surface area contributed by atoms with Crippen molar-refractivity contribution in [2.45, 2.75) is 13.5 Å². The van der Waals surface area contributed by atoms with Crippen molar-refractivity contribution in [3.63, 3.8) is 0 Å². The third-order valence-corrected chi connectivity index (χ3v) is 3.39. The summed E-state index contributed by atoms with van der Waals surface area (Å²) >= 11 is 12.1. The smallest absolute Gasteiger partial charge is 0.0833 e. The van der Waals surface area contributed by atoms with E-state index >= 15 is 0 Å². The van der Waals surface area contributed by atoms with Crippen LogP contribution < -0.4 is 5.32 Å². The Morgan fingerprint density at radius 2 is 2.07 bits per heavy atom. The molecule has 2 rings (SSSR count). The van der Waals surface area contributed by atoms with Gasteiger partial charge in [-0.05, 0) is 25.6 Å². The molecule has 2 N–H and O–H groups in total. The molecule has 0 aliphatic heterocycles. The summed E-state index contributed by atoms with van der Waals surface area (Å²) in [6, 6.07) is 3.82. The molecule has 0 aliphatic rings. The largest absolute Gasteiger partial charge is 0.356 e. The topological polar surface area (TPSA) is 27.8 Å². The fourth-order valence-electron chi connectivity index (χ4n) is 1.75. The van der Waals surface area contributed by atoms with Crippen LogP contribution in [0, 0.1) is 6.92 Å². The van der Waals surface area contributed by atoms with Crippen LogP contribution in [0.15, 0.2) is 12.1 Å². The number of rotatable bonds is 2. The highest BCUT2D eigenvalue weighted by atomic mass is 35.5. The van der Waals surface area contributed by atoms with Gasteiger partial charge in [-0.25, -0.2) is 0 Å². The number of fused-ring (bicyclic) bond motifs is 1. The fraction of sp³-hybridized carbons (Fsp3) is 0.273. The highest BCUT2D eigenvalue weighted by Crippen LogP contribution is 2.32. The molecule has 0 aliphatic carbocycles. The maximum Gasteiger partial charge on any atom is 0.0833 e. The molecule has 0 amide bonds. The average molecular weight is 243 g/mol. The van der Waals surface area contributed by atoms with E-state index in [1.165, 1.54) is 5.56 Å². The van der Waals surface area contributed by atoms with Crippen LogP contribution in [0.5, 0.6) is 0 Å². The van der Waals surface area contributed by atoms with Crippen LogP contribution in [0.2, 0.25) is 10.0 Å². The normalized spacial score (nSPS) is 11.2. The van der Waals surface area contributed by atoms with Gasteiger partial charge in [0, 0.05) is 17.6 Å². The number of hydrogen-bond donors (Lipinski definition) is 2. The number of halogens is 2. The van der Waals surface area contributed by atoms with Gasteiger partial charge < -0.3 is 10.3 Å². The van der Waals surface area contributed by atoms with E-state index in [1.54, 1.807) is 0 Å². The zero-order chi connectivity index (χ0) is 11.0. The molecule has 0 fully saturated rings. The molecular weight excluding hydrogens is 231 g/mol. The molecule has 0 unspecified atom stereocenters. The maximum atomic E-state index is 6.13.